The molecule has 7 heteroatoms. The fraction of sp³-hybridized carbons (Fsp3) is 0.0952. The van der Waals surface area contributed by atoms with E-state index in [9.17, 15) is 13.2 Å². The molecule has 3 aromatic carbocycles. The first-order valence-electron chi connectivity index (χ1n) is 8.52. The van der Waals surface area contributed by atoms with Gasteiger partial charge >= 0.3 is 0 Å². The Morgan fingerprint density at radius 1 is 0.929 bits per heavy atom. The van der Waals surface area contributed by atoms with Crippen LogP contribution in [-0.4, -0.2) is 14.3 Å². The molecule has 0 spiro atoms. The number of aryl methyl sites for hydroxylation is 2. The van der Waals surface area contributed by atoms with Crippen molar-refractivity contribution in [2.45, 2.75) is 18.7 Å². The van der Waals surface area contributed by atoms with E-state index in [4.69, 9.17) is 11.6 Å². The van der Waals surface area contributed by atoms with Crippen molar-refractivity contribution < 1.29 is 13.2 Å². The molecular weight excluding hydrogens is 396 g/mol. The number of rotatable bonds is 5. The average molecular weight is 415 g/mol. The lowest BCUT2D eigenvalue weighted by Crippen LogP contribution is -2.15. The second-order valence-electron chi connectivity index (χ2n) is 6.38. The molecule has 0 aliphatic rings. The average Bonchev–Trinajstić information content (AvgIpc) is 2.64. The van der Waals surface area contributed by atoms with Gasteiger partial charge in [-0.1, -0.05) is 41.4 Å². The summed E-state index contributed by atoms with van der Waals surface area (Å²) in [7, 11) is -3.79. The molecule has 0 aromatic heterocycles. The van der Waals surface area contributed by atoms with Crippen LogP contribution in [0, 0.1) is 13.8 Å². The highest BCUT2D eigenvalue weighted by Crippen LogP contribution is 2.24. The van der Waals surface area contributed by atoms with Crippen LogP contribution in [0.2, 0.25) is 5.02 Å². The highest BCUT2D eigenvalue weighted by molar-refractivity contribution is 7.92. The molecule has 1 amide bonds. The topological polar surface area (TPSA) is 75.3 Å². The summed E-state index contributed by atoms with van der Waals surface area (Å²) in [5.74, 6) is -0.248. The highest BCUT2D eigenvalue weighted by Gasteiger charge is 2.16. The van der Waals surface area contributed by atoms with E-state index in [-0.39, 0.29) is 10.8 Å². The lowest BCUT2D eigenvalue weighted by Gasteiger charge is -2.11. The highest BCUT2D eigenvalue weighted by atomic mass is 35.5. The molecule has 0 aliphatic carbocycles. The molecule has 0 aliphatic heterocycles. The number of carbonyl (C=O) groups is 1. The Bertz CT molecular complexity index is 1130. The van der Waals surface area contributed by atoms with Crippen molar-refractivity contribution in [1.82, 2.24) is 0 Å². The van der Waals surface area contributed by atoms with E-state index in [1.165, 1.54) is 12.1 Å². The number of amides is 1. The Hall–Kier alpha value is -2.83. The second-order valence-corrected chi connectivity index (χ2v) is 8.47. The van der Waals surface area contributed by atoms with Crippen molar-refractivity contribution in [1.29, 1.82) is 0 Å². The Morgan fingerprint density at radius 2 is 1.61 bits per heavy atom. The van der Waals surface area contributed by atoms with Crippen LogP contribution < -0.4 is 10.0 Å². The molecule has 3 rings (SSSR count). The summed E-state index contributed by atoms with van der Waals surface area (Å²) in [5, 5.41) is 3.09. The van der Waals surface area contributed by atoms with Gasteiger partial charge in [0.25, 0.3) is 15.9 Å². The van der Waals surface area contributed by atoms with Gasteiger partial charge in [-0.25, -0.2) is 8.42 Å². The summed E-state index contributed by atoms with van der Waals surface area (Å²) in [4.78, 5) is 12.5. The van der Waals surface area contributed by atoms with Crippen molar-refractivity contribution in [2.24, 2.45) is 0 Å². The second kappa shape index (κ2) is 8.04. The Kier molecular flexibility index (Phi) is 5.72. The molecule has 0 saturated carbocycles. The van der Waals surface area contributed by atoms with E-state index >= 15 is 0 Å². The molecule has 0 fully saturated rings. The number of halogens is 1. The van der Waals surface area contributed by atoms with E-state index in [0.29, 0.717) is 22.0 Å². The van der Waals surface area contributed by atoms with Crippen LogP contribution in [0.4, 0.5) is 11.4 Å². The number of hydrogen-bond acceptors (Lipinski definition) is 3. The van der Waals surface area contributed by atoms with E-state index in [0.717, 1.165) is 11.1 Å². The summed E-state index contributed by atoms with van der Waals surface area (Å²) < 4.78 is 27.5. The first kappa shape index (κ1) is 19.9. The third-order valence-corrected chi connectivity index (χ3v) is 5.88. The Morgan fingerprint density at radius 3 is 2.25 bits per heavy atom. The first-order valence-corrected chi connectivity index (χ1v) is 10.4. The summed E-state index contributed by atoms with van der Waals surface area (Å²) in [6, 6.07) is 18.1. The monoisotopic (exact) mass is 414 g/mol. The van der Waals surface area contributed by atoms with E-state index in [1.807, 2.05) is 26.0 Å². The maximum Gasteiger partial charge on any atom is 0.261 e. The molecule has 0 saturated heterocycles. The van der Waals surface area contributed by atoms with Crippen molar-refractivity contribution in [3.63, 3.8) is 0 Å². The minimum Gasteiger partial charge on any atom is -0.322 e. The zero-order valence-corrected chi connectivity index (χ0v) is 16.9. The largest absolute Gasteiger partial charge is 0.322 e. The standard InChI is InChI=1S/C21H19ClN2O3S/c1-14-7-12-18(15(2)13-14)21(25)23-16-8-10-17(11-9-16)28(26,27)24-20-6-4-3-5-19(20)22/h3-13,24H,1-2H3,(H,23,25). The van der Waals surface area contributed by atoms with Gasteiger partial charge < -0.3 is 5.32 Å². The summed E-state index contributed by atoms with van der Waals surface area (Å²) in [6.45, 7) is 3.84. The van der Waals surface area contributed by atoms with Gasteiger partial charge in [-0.2, -0.15) is 0 Å². The van der Waals surface area contributed by atoms with Gasteiger partial charge in [-0.05, 0) is 61.9 Å². The molecule has 2 N–H and O–H groups in total. The number of carbonyl (C=O) groups excluding carboxylic acids is 1. The summed E-state index contributed by atoms with van der Waals surface area (Å²) in [6.07, 6.45) is 0. The number of para-hydroxylation sites is 1. The van der Waals surface area contributed by atoms with E-state index < -0.39 is 10.0 Å². The molecule has 28 heavy (non-hydrogen) atoms. The molecule has 0 radical (unpaired) electrons. The van der Waals surface area contributed by atoms with Crippen LogP contribution >= 0.6 is 11.6 Å². The molecule has 0 atom stereocenters. The summed E-state index contributed by atoms with van der Waals surface area (Å²) >= 11 is 6.01. The molecule has 0 unspecified atom stereocenters. The van der Waals surface area contributed by atoms with Gasteiger partial charge in [0, 0.05) is 11.3 Å². The van der Waals surface area contributed by atoms with Crippen LogP contribution in [-0.2, 0) is 10.0 Å². The number of benzene rings is 3. The molecule has 3 aromatic rings. The molecule has 0 bridgehead atoms. The van der Waals surface area contributed by atoms with Crippen molar-refractivity contribution in [3.8, 4) is 0 Å². The zero-order chi connectivity index (χ0) is 20.3. The van der Waals surface area contributed by atoms with Gasteiger partial charge in [0.15, 0.2) is 0 Å². The maximum atomic E-state index is 12.5. The lowest BCUT2D eigenvalue weighted by molar-refractivity contribution is 0.102. The lowest BCUT2D eigenvalue weighted by atomic mass is 10.1. The predicted molar refractivity (Wildman–Crippen MR) is 113 cm³/mol. The number of hydrogen-bond donors (Lipinski definition) is 2. The third kappa shape index (κ3) is 4.52. The van der Waals surface area contributed by atoms with Crippen molar-refractivity contribution in [3.05, 3.63) is 88.4 Å². The van der Waals surface area contributed by atoms with Crippen LogP contribution in [0.15, 0.2) is 71.6 Å². The number of sulfonamides is 1. The van der Waals surface area contributed by atoms with Crippen LogP contribution in [0.1, 0.15) is 21.5 Å². The SMILES string of the molecule is Cc1ccc(C(=O)Nc2ccc(S(=O)(=O)Nc3ccccc3Cl)cc2)c(C)c1. The van der Waals surface area contributed by atoms with Gasteiger partial charge in [0.05, 0.1) is 15.6 Å². The van der Waals surface area contributed by atoms with E-state index in [1.54, 1.807) is 42.5 Å². The first-order chi connectivity index (χ1) is 13.3. The normalized spacial score (nSPS) is 11.1. The Labute approximate surface area is 169 Å². The van der Waals surface area contributed by atoms with Crippen LogP contribution in [0.25, 0.3) is 0 Å². The van der Waals surface area contributed by atoms with Gasteiger partial charge in [-0.3, -0.25) is 9.52 Å². The van der Waals surface area contributed by atoms with Crippen LogP contribution in [0.5, 0.6) is 0 Å². The summed E-state index contributed by atoms with van der Waals surface area (Å²) in [5.41, 5.74) is 3.33. The molecule has 5 nitrogen and oxygen atoms in total. The molecule has 0 heterocycles. The number of anilines is 2. The zero-order valence-electron chi connectivity index (χ0n) is 15.4. The minimum atomic E-state index is -3.79. The van der Waals surface area contributed by atoms with Crippen molar-refractivity contribution >= 4 is 38.9 Å². The fourth-order valence-corrected chi connectivity index (χ4v) is 4.05. The third-order valence-electron chi connectivity index (χ3n) is 4.17. The van der Waals surface area contributed by atoms with E-state index in [2.05, 4.69) is 10.0 Å². The molecular formula is C21H19ClN2O3S. The quantitative estimate of drug-likeness (QED) is 0.616. The fourth-order valence-electron chi connectivity index (χ4n) is 2.73. The van der Waals surface area contributed by atoms with Gasteiger partial charge in [-0.15, -0.1) is 0 Å². The smallest absolute Gasteiger partial charge is 0.261 e. The Balaban J connectivity index is 1.76. The predicted octanol–water partition coefficient (Wildman–Crippen LogP) is 5.01. The van der Waals surface area contributed by atoms with Crippen molar-refractivity contribution in [2.75, 3.05) is 10.0 Å². The minimum absolute atomic E-state index is 0.0666. The van der Waals surface area contributed by atoms with Crippen LogP contribution in [0.3, 0.4) is 0 Å². The molecule has 144 valence electrons. The number of nitrogens with one attached hydrogen (secondary N) is 2. The van der Waals surface area contributed by atoms with Gasteiger partial charge in [0.1, 0.15) is 0 Å². The van der Waals surface area contributed by atoms with Gasteiger partial charge in [0.2, 0.25) is 0 Å². The maximum absolute atomic E-state index is 12.5.